The summed E-state index contributed by atoms with van der Waals surface area (Å²) in [6, 6.07) is 7.86. The van der Waals surface area contributed by atoms with Crippen LogP contribution in [-0.2, 0) is 16.2 Å². The van der Waals surface area contributed by atoms with Crippen molar-refractivity contribution in [2.75, 3.05) is 0 Å². The molecular formula is C48H70BN6Tl. The fraction of sp³-hybridized carbons (Fsp3) is 0.812. The molecule has 298 valence electrons. The summed E-state index contributed by atoms with van der Waals surface area (Å²) in [7, 11) is -1.54. The van der Waals surface area contributed by atoms with Crippen molar-refractivity contribution < 1.29 is 0 Å². The van der Waals surface area contributed by atoms with Gasteiger partial charge in [0.2, 0.25) is 0 Å². The molecule has 0 N–H and O–H groups in total. The van der Waals surface area contributed by atoms with E-state index in [4.69, 9.17) is 15.3 Å². The molecule has 0 saturated heterocycles. The van der Waals surface area contributed by atoms with E-state index in [2.05, 4.69) is 73.5 Å². The van der Waals surface area contributed by atoms with Crippen molar-refractivity contribution in [2.45, 2.75) is 191 Å². The van der Waals surface area contributed by atoms with Crippen LogP contribution in [0, 0.1) is 53.3 Å². The van der Waals surface area contributed by atoms with Crippen molar-refractivity contribution in [3.05, 3.63) is 52.4 Å². The number of rotatable bonds is 9. The van der Waals surface area contributed by atoms with Crippen LogP contribution in [0.25, 0.3) is 0 Å². The van der Waals surface area contributed by atoms with E-state index in [9.17, 15) is 0 Å². The van der Waals surface area contributed by atoms with Crippen molar-refractivity contribution in [3.8, 4) is 0 Å². The van der Waals surface area contributed by atoms with Crippen LogP contribution >= 0.6 is 0 Å². The van der Waals surface area contributed by atoms with Gasteiger partial charge in [0.1, 0.15) is 0 Å². The van der Waals surface area contributed by atoms with E-state index in [0.29, 0.717) is 17.8 Å². The molecule has 0 amide bonds. The minimum Gasteiger partial charge on any atom is -0.400 e. The van der Waals surface area contributed by atoms with Crippen molar-refractivity contribution >= 4 is 34.4 Å². The Morgan fingerprint density at radius 2 is 0.607 bits per heavy atom. The van der Waals surface area contributed by atoms with Crippen molar-refractivity contribution in [1.29, 1.82) is 0 Å². The summed E-state index contributed by atoms with van der Waals surface area (Å²) in [4.78, 5) is 0. The molecule has 12 fully saturated rings. The first-order valence-corrected chi connectivity index (χ1v) is 23.9. The van der Waals surface area contributed by atoms with Gasteiger partial charge in [0, 0.05) is 33.3 Å². The van der Waals surface area contributed by atoms with Gasteiger partial charge < -0.3 is 13.8 Å². The molecular weight excluding hydrogens is 876 g/mol. The van der Waals surface area contributed by atoms with Crippen LogP contribution in [0.15, 0.2) is 18.2 Å². The first-order valence-electron chi connectivity index (χ1n) is 23.9. The minimum absolute atomic E-state index is 0. The molecule has 12 aliphatic rings. The van der Waals surface area contributed by atoms with Crippen LogP contribution in [0.2, 0.25) is 0 Å². The van der Waals surface area contributed by atoms with Crippen LogP contribution in [0.4, 0.5) is 0 Å². The van der Waals surface area contributed by atoms with E-state index in [1.54, 1.807) is 0 Å². The van der Waals surface area contributed by atoms with Gasteiger partial charge in [-0.05, 0) is 205 Å². The number of nitrogens with zero attached hydrogens (tertiary/aromatic N) is 6. The molecule has 0 aliphatic heterocycles. The Hall–Kier alpha value is -1.38. The normalized spacial score (nSPS) is 41.8. The van der Waals surface area contributed by atoms with Gasteiger partial charge in [-0.3, -0.25) is 0 Å². The molecule has 8 heteroatoms. The van der Waals surface area contributed by atoms with Gasteiger partial charge in [0.05, 0.1) is 17.1 Å². The van der Waals surface area contributed by atoms with E-state index in [0.717, 1.165) is 53.3 Å². The summed E-state index contributed by atoms with van der Waals surface area (Å²) >= 11 is 0. The van der Waals surface area contributed by atoms with Crippen LogP contribution < -0.4 is 0 Å². The summed E-state index contributed by atoms with van der Waals surface area (Å²) in [5.74, 6) is 9.31. The second-order valence-electron chi connectivity index (χ2n) is 23.8. The zero-order valence-corrected chi connectivity index (χ0v) is 40.3. The summed E-state index contributed by atoms with van der Waals surface area (Å²) in [6.45, 7) is 14.5. The molecule has 0 unspecified atom stereocenters. The van der Waals surface area contributed by atoms with Gasteiger partial charge in [-0.25, -0.2) is 15.3 Å². The van der Waals surface area contributed by atoms with Crippen LogP contribution in [-0.4, -0.2) is 63.5 Å². The van der Waals surface area contributed by atoms with Crippen molar-refractivity contribution in [3.63, 3.8) is 0 Å². The Kier molecular flexibility index (Phi) is 8.77. The maximum atomic E-state index is 6.01. The Bertz CT molecular complexity index is 1670. The predicted octanol–water partition coefficient (Wildman–Crippen LogP) is 10.3. The zero-order chi connectivity index (χ0) is 37.2. The number of aromatic nitrogens is 6. The number of hydrogen-bond acceptors (Lipinski definition) is 3. The van der Waals surface area contributed by atoms with E-state index in [1.165, 1.54) is 150 Å². The van der Waals surface area contributed by atoms with Gasteiger partial charge in [0.15, 0.2) is 0 Å². The van der Waals surface area contributed by atoms with Crippen molar-refractivity contribution in [2.24, 2.45) is 53.3 Å². The van der Waals surface area contributed by atoms with E-state index >= 15 is 0 Å². The van der Waals surface area contributed by atoms with Gasteiger partial charge in [-0.1, -0.05) is 41.5 Å². The van der Waals surface area contributed by atoms with E-state index in [1.807, 2.05) is 0 Å². The molecule has 3 aromatic heterocycles. The molecule has 0 spiro atoms. The van der Waals surface area contributed by atoms with E-state index < -0.39 is 7.12 Å². The average molecular weight is 946 g/mol. The SMILES string of the molecule is CC(C)c1cc(C23CC4CC(CC(C4)C2)C3)nn1[BH-](n1nc(C23CC4CC(CC(C4)C2)C3)cc1C(C)C)n1nc(C23CC4CC(CC(C4)C2)C3)cc1C(C)C.[Tl+]. The van der Waals surface area contributed by atoms with Crippen LogP contribution in [0.3, 0.4) is 0 Å². The molecule has 15 rings (SSSR count). The summed E-state index contributed by atoms with van der Waals surface area (Å²) in [5.41, 5.74) is 9.29. The van der Waals surface area contributed by atoms with E-state index in [-0.39, 0.29) is 43.5 Å². The van der Waals surface area contributed by atoms with Crippen LogP contribution in [0.5, 0.6) is 0 Å². The maximum absolute atomic E-state index is 6.01. The smallest absolute Gasteiger partial charge is 0.400 e. The monoisotopic (exact) mass is 947 g/mol. The van der Waals surface area contributed by atoms with Gasteiger partial charge in [-0.15, -0.1) is 0 Å². The standard InChI is InChI=1S/C48H70BN6.Tl/c1-28(2)40-16-43(46-19-31-7-32(20-46)9-33(8-31)21-46)50-53(40)49(54-41(29(3)4)17-44(51-54)47-22-34-10-35(23-47)12-36(11-34)24-47)55-42(30(5)6)18-45(52-55)48-25-37-13-38(26-48)15-39(14-37)27-48;/h16-18,28-39,49H,7-15,19-27H2,1-6H3;/q-1;+1. The predicted molar refractivity (Wildman–Crippen MR) is 228 cm³/mol. The maximum Gasteiger partial charge on any atom is 1.00 e. The third-order valence-corrected chi connectivity index (χ3v) is 18.8. The third-order valence-electron chi connectivity index (χ3n) is 18.8. The second-order valence-corrected chi connectivity index (χ2v) is 23.8. The Morgan fingerprint density at radius 1 is 0.411 bits per heavy atom. The molecule has 3 heterocycles. The molecule has 0 radical (unpaired) electrons. The Morgan fingerprint density at radius 3 is 0.786 bits per heavy atom. The molecule has 12 aliphatic carbocycles. The Labute approximate surface area is 358 Å². The zero-order valence-electron chi connectivity index (χ0n) is 35.9. The average Bonchev–Trinajstić information content (AvgIpc) is 3.86. The summed E-state index contributed by atoms with van der Waals surface area (Å²) in [5, 5.41) is 18.0. The molecule has 0 atom stereocenters. The minimum atomic E-state index is -1.54. The molecule has 12 bridgehead atoms. The first kappa shape index (κ1) is 37.6. The van der Waals surface area contributed by atoms with Crippen molar-refractivity contribution in [1.82, 2.24) is 29.1 Å². The van der Waals surface area contributed by atoms with Gasteiger partial charge >= 0.3 is 34.4 Å². The largest absolute Gasteiger partial charge is 1.00 e. The second kappa shape index (κ2) is 13.1. The molecule has 0 aromatic carbocycles. The fourth-order valence-electron chi connectivity index (χ4n) is 17.8. The summed E-state index contributed by atoms with van der Waals surface area (Å²) < 4.78 is 7.76. The topological polar surface area (TPSA) is 53.5 Å². The molecule has 6 nitrogen and oxygen atoms in total. The quantitative estimate of drug-likeness (QED) is 0.201. The fourth-order valence-corrected chi connectivity index (χ4v) is 17.8. The van der Waals surface area contributed by atoms with Gasteiger partial charge in [-0.2, -0.15) is 0 Å². The first-order chi connectivity index (χ1) is 26.4. The third kappa shape index (κ3) is 5.64. The number of hydrogen-bond donors (Lipinski definition) is 0. The molecule has 3 aromatic rings. The van der Waals surface area contributed by atoms with Crippen LogP contribution in [0.1, 0.15) is 209 Å². The Balaban J connectivity index is 0.00000363. The summed E-state index contributed by atoms with van der Waals surface area (Å²) in [6.07, 6.45) is 25.5. The van der Waals surface area contributed by atoms with Gasteiger partial charge in [0.25, 0.3) is 0 Å². The molecule has 12 saturated carbocycles. The molecule has 56 heavy (non-hydrogen) atoms.